The van der Waals surface area contributed by atoms with Crippen molar-refractivity contribution in [3.05, 3.63) is 51.8 Å². The molecule has 0 heterocycles. The van der Waals surface area contributed by atoms with E-state index in [0.717, 1.165) is 6.07 Å². The molecular weight excluding hydrogens is 338 g/mol. The van der Waals surface area contributed by atoms with Gasteiger partial charge < -0.3 is 5.73 Å². The molecule has 0 unspecified atom stereocenters. The molecule has 0 fully saturated rings. The Morgan fingerprint density at radius 1 is 1.14 bits per heavy atom. The highest BCUT2D eigenvalue weighted by Crippen LogP contribution is 2.30. The molecule has 0 saturated carbocycles. The van der Waals surface area contributed by atoms with Crippen molar-refractivity contribution in [3.63, 3.8) is 0 Å². The number of rotatable bonds is 3. The normalized spacial score (nSPS) is 11.4. The van der Waals surface area contributed by atoms with Crippen LogP contribution in [0.2, 0.25) is 10.0 Å². The SMILES string of the molecule is Cc1cc(Cl)c(NS(=O)(=O)c2ccc(N)c(F)c2)cc1Cl. The number of halogens is 3. The number of nitrogen functional groups attached to an aromatic ring is 1. The van der Waals surface area contributed by atoms with Crippen molar-refractivity contribution >= 4 is 44.6 Å². The number of sulfonamides is 1. The minimum Gasteiger partial charge on any atom is -0.396 e. The van der Waals surface area contributed by atoms with Gasteiger partial charge in [-0.25, -0.2) is 12.8 Å². The van der Waals surface area contributed by atoms with Crippen molar-refractivity contribution in [1.82, 2.24) is 0 Å². The maximum absolute atomic E-state index is 13.4. The van der Waals surface area contributed by atoms with Gasteiger partial charge in [0.05, 0.1) is 21.3 Å². The monoisotopic (exact) mass is 348 g/mol. The third-order valence-electron chi connectivity index (χ3n) is 2.77. The highest BCUT2D eigenvalue weighted by molar-refractivity contribution is 7.92. The van der Waals surface area contributed by atoms with E-state index in [1.807, 2.05) is 0 Å². The summed E-state index contributed by atoms with van der Waals surface area (Å²) in [6.45, 7) is 1.74. The molecule has 0 saturated heterocycles. The lowest BCUT2D eigenvalue weighted by Crippen LogP contribution is -2.14. The maximum atomic E-state index is 13.4. The summed E-state index contributed by atoms with van der Waals surface area (Å²) in [4.78, 5) is -0.262. The highest BCUT2D eigenvalue weighted by atomic mass is 35.5. The molecule has 0 spiro atoms. The molecule has 0 aliphatic rings. The van der Waals surface area contributed by atoms with E-state index in [1.165, 1.54) is 24.3 Å². The molecule has 2 aromatic rings. The summed E-state index contributed by atoms with van der Waals surface area (Å²) >= 11 is 11.9. The minimum absolute atomic E-state index is 0.115. The first-order valence-electron chi connectivity index (χ1n) is 5.74. The van der Waals surface area contributed by atoms with Crippen LogP contribution in [-0.4, -0.2) is 8.42 Å². The van der Waals surface area contributed by atoms with Crippen LogP contribution in [-0.2, 0) is 10.0 Å². The lowest BCUT2D eigenvalue weighted by molar-refractivity contribution is 0.596. The van der Waals surface area contributed by atoms with Crippen LogP contribution in [0.5, 0.6) is 0 Å². The van der Waals surface area contributed by atoms with Crippen molar-refractivity contribution in [2.75, 3.05) is 10.5 Å². The third-order valence-corrected chi connectivity index (χ3v) is 4.86. The number of hydrogen-bond acceptors (Lipinski definition) is 3. The van der Waals surface area contributed by atoms with Crippen LogP contribution in [0.1, 0.15) is 5.56 Å². The molecule has 0 amide bonds. The summed E-state index contributed by atoms with van der Waals surface area (Å²) in [6, 6.07) is 6.13. The number of nitrogens with two attached hydrogens (primary N) is 1. The Bertz CT molecular complexity index is 810. The van der Waals surface area contributed by atoms with Crippen LogP contribution in [0.3, 0.4) is 0 Å². The van der Waals surface area contributed by atoms with E-state index < -0.39 is 15.8 Å². The Labute approximate surface area is 131 Å². The predicted molar refractivity (Wildman–Crippen MR) is 82.8 cm³/mol. The molecule has 2 rings (SSSR count). The molecule has 0 bridgehead atoms. The Hall–Kier alpha value is -1.50. The first-order chi connectivity index (χ1) is 9.70. The number of hydrogen-bond donors (Lipinski definition) is 2. The Morgan fingerprint density at radius 3 is 2.43 bits per heavy atom. The number of aryl methyl sites for hydroxylation is 1. The fourth-order valence-electron chi connectivity index (χ4n) is 1.60. The van der Waals surface area contributed by atoms with Crippen LogP contribution >= 0.6 is 23.2 Å². The van der Waals surface area contributed by atoms with Gasteiger partial charge in [0.1, 0.15) is 5.82 Å². The van der Waals surface area contributed by atoms with E-state index in [2.05, 4.69) is 4.72 Å². The van der Waals surface area contributed by atoms with Crippen molar-refractivity contribution in [3.8, 4) is 0 Å². The molecule has 0 aromatic heterocycles. The van der Waals surface area contributed by atoms with Gasteiger partial charge in [-0.15, -0.1) is 0 Å². The van der Waals surface area contributed by atoms with Crippen molar-refractivity contribution in [2.24, 2.45) is 0 Å². The van der Waals surface area contributed by atoms with Crippen LogP contribution in [0.4, 0.5) is 15.8 Å². The van der Waals surface area contributed by atoms with Crippen LogP contribution in [0.25, 0.3) is 0 Å². The largest absolute Gasteiger partial charge is 0.396 e. The quantitative estimate of drug-likeness (QED) is 0.828. The summed E-state index contributed by atoms with van der Waals surface area (Å²) in [6.07, 6.45) is 0. The van der Waals surface area contributed by atoms with E-state index in [-0.39, 0.29) is 21.3 Å². The number of nitrogens with one attached hydrogen (secondary N) is 1. The number of benzene rings is 2. The molecule has 0 atom stereocenters. The molecule has 0 radical (unpaired) electrons. The van der Waals surface area contributed by atoms with Crippen molar-refractivity contribution in [1.29, 1.82) is 0 Å². The average Bonchev–Trinajstić information content (AvgIpc) is 2.39. The van der Waals surface area contributed by atoms with E-state index >= 15 is 0 Å². The summed E-state index contributed by atoms with van der Waals surface area (Å²) in [5, 5.41) is 0.553. The summed E-state index contributed by atoms with van der Waals surface area (Å²) < 4.78 is 40.0. The third kappa shape index (κ3) is 3.40. The van der Waals surface area contributed by atoms with Crippen LogP contribution in [0.15, 0.2) is 35.2 Å². The van der Waals surface area contributed by atoms with E-state index in [0.29, 0.717) is 10.6 Å². The fourth-order valence-corrected chi connectivity index (χ4v) is 3.17. The fraction of sp³-hybridized carbons (Fsp3) is 0.0769. The Morgan fingerprint density at radius 2 is 1.81 bits per heavy atom. The van der Waals surface area contributed by atoms with Crippen molar-refractivity contribution in [2.45, 2.75) is 11.8 Å². The second-order valence-electron chi connectivity index (χ2n) is 4.37. The molecule has 2 aromatic carbocycles. The summed E-state index contributed by atoms with van der Waals surface area (Å²) in [7, 11) is -3.99. The zero-order valence-corrected chi connectivity index (χ0v) is 13.2. The van der Waals surface area contributed by atoms with Gasteiger partial charge in [-0.05, 0) is 42.8 Å². The number of anilines is 2. The van der Waals surface area contributed by atoms with Crippen LogP contribution < -0.4 is 10.5 Å². The van der Waals surface area contributed by atoms with E-state index in [1.54, 1.807) is 6.92 Å². The van der Waals surface area contributed by atoms with Gasteiger partial charge in [0.25, 0.3) is 10.0 Å². The van der Waals surface area contributed by atoms with Gasteiger partial charge in [-0.1, -0.05) is 23.2 Å². The lowest BCUT2D eigenvalue weighted by Gasteiger charge is -2.11. The zero-order chi connectivity index (χ0) is 15.8. The standard InChI is InChI=1S/C13H11Cl2FN2O2S/c1-7-4-10(15)13(6-9(7)14)18-21(19,20)8-2-3-12(17)11(16)5-8/h2-6,18H,17H2,1H3. The molecule has 8 heteroatoms. The second kappa shape index (κ2) is 5.71. The Balaban J connectivity index is 2.42. The molecule has 4 nitrogen and oxygen atoms in total. The smallest absolute Gasteiger partial charge is 0.262 e. The zero-order valence-electron chi connectivity index (χ0n) is 10.8. The highest BCUT2D eigenvalue weighted by Gasteiger charge is 2.18. The average molecular weight is 349 g/mol. The van der Waals surface area contributed by atoms with E-state index in [4.69, 9.17) is 28.9 Å². The maximum Gasteiger partial charge on any atom is 0.262 e. The molecule has 112 valence electrons. The molecule has 0 aliphatic heterocycles. The molecule has 3 N–H and O–H groups in total. The predicted octanol–water partition coefficient (Wildman–Crippen LogP) is 3.82. The van der Waals surface area contributed by atoms with Crippen molar-refractivity contribution < 1.29 is 12.8 Å². The van der Waals surface area contributed by atoms with Gasteiger partial charge in [0.2, 0.25) is 0 Å². The molecule has 21 heavy (non-hydrogen) atoms. The topological polar surface area (TPSA) is 72.2 Å². The van der Waals surface area contributed by atoms with Gasteiger partial charge in [0.15, 0.2) is 0 Å². The molecule has 0 aliphatic carbocycles. The van der Waals surface area contributed by atoms with E-state index in [9.17, 15) is 12.8 Å². The Kier molecular flexibility index (Phi) is 4.32. The van der Waals surface area contributed by atoms with Crippen LogP contribution in [0, 0.1) is 12.7 Å². The van der Waals surface area contributed by atoms with Gasteiger partial charge in [0, 0.05) is 5.02 Å². The minimum atomic E-state index is -3.99. The van der Waals surface area contributed by atoms with Gasteiger partial charge in [-0.2, -0.15) is 0 Å². The first-order valence-corrected chi connectivity index (χ1v) is 7.98. The summed E-state index contributed by atoms with van der Waals surface area (Å²) in [5.74, 6) is -0.814. The van der Waals surface area contributed by atoms with Gasteiger partial charge in [-0.3, -0.25) is 4.72 Å². The lowest BCUT2D eigenvalue weighted by atomic mass is 10.2. The summed E-state index contributed by atoms with van der Waals surface area (Å²) in [5.41, 5.74) is 6.01. The first kappa shape index (κ1) is 15.9. The van der Waals surface area contributed by atoms with Gasteiger partial charge >= 0.3 is 0 Å². The molecular formula is C13H11Cl2FN2O2S. The second-order valence-corrected chi connectivity index (χ2v) is 6.87.